The fourth-order valence-electron chi connectivity index (χ4n) is 3.86. The monoisotopic (exact) mass is 339 g/mol. The SMILES string of the molecule is CC[C@H](C(=O)OC(C)(C)C)N1CCCC[C@H](N2CCN(C)CC2)C1. The highest BCUT2D eigenvalue weighted by molar-refractivity contribution is 5.76. The fourth-order valence-corrected chi connectivity index (χ4v) is 3.86. The summed E-state index contributed by atoms with van der Waals surface area (Å²) in [6, 6.07) is 0.481. The highest BCUT2D eigenvalue weighted by atomic mass is 16.6. The van der Waals surface area contributed by atoms with Gasteiger partial charge in [-0.15, -0.1) is 0 Å². The summed E-state index contributed by atoms with van der Waals surface area (Å²) in [6.45, 7) is 14.6. The van der Waals surface area contributed by atoms with Crippen molar-refractivity contribution in [2.75, 3.05) is 46.3 Å². The maximum absolute atomic E-state index is 12.6. The van der Waals surface area contributed by atoms with E-state index >= 15 is 0 Å². The van der Waals surface area contributed by atoms with Gasteiger partial charge in [-0.1, -0.05) is 13.3 Å². The summed E-state index contributed by atoms with van der Waals surface area (Å²) in [7, 11) is 2.20. The average molecular weight is 340 g/mol. The van der Waals surface area contributed by atoms with Crippen molar-refractivity contribution in [1.29, 1.82) is 0 Å². The van der Waals surface area contributed by atoms with Gasteiger partial charge in [0.05, 0.1) is 0 Å². The van der Waals surface area contributed by atoms with E-state index in [0.29, 0.717) is 6.04 Å². The standard InChI is InChI=1S/C19H37N3O2/c1-6-17(18(23)24-19(2,3)4)22-10-8-7-9-16(15-22)21-13-11-20(5)12-14-21/h16-17H,6-15H2,1-5H3/t16-,17+/m0/s1. The first kappa shape index (κ1) is 19.7. The quantitative estimate of drug-likeness (QED) is 0.734. The van der Waals surface area contributed by atoms with Gasteiger partial charge in [0, 0.05) is 38.8 Å². The second-order valence-corrected chi connectivity index (χ2v) is 8.44. The largest absolute Gasteiger partial charge is 0.459 e. The zero-order valence-electron chi connectivity index (χ0n) is 16.4. The van der Waals surface area contributed by atoms with Crippen LogP contribution in [0.15, 0.2) is 0 Å². The lowest BCUT2D eigenvalue weighted by atomic mass is 10.1. The van der Waals surface area contributed by atoms with Gasteiger partial charge in [-0.05, 0) is 53.6 Å². The minimum Gasteiger partial charge on any atom is -0.459 e. The summed E-state index contributed by atoms with van der Waals surface area (Å²) in [5, 5.41) is 0. The van der Waals surface area contributed by atoms with Gasteiger partial charge in [-0.2, -0.15) is 0 Å². The van der Waals surface area contributed by atoms with Crippen molar-refractivity contribution in [2.45, 2.75) is 71.1 Å². The zero-order chi connectivity index (χ0) is 17.7. The Morgan fingerprint density at radius 2 is 1.79 bits per heavy atom. The normalized spacial score (nSPS) is 26.8. The van der Waals surface area contributed by atoms with Gasteiger partial charge in [0.15, 0.2) is 0 Å². The molecule has 0 amide bonds. The highest BCUT2D eigenvalue weighted by Crippen LogP contribution is 2.22. The van der Waals surface area contributed by atoms with Crippen LogP contribution in [0.3, 0.4) is 0 Å². The molecule has 2 heterocycles. The molecular weight excluding hydrogens is 302 g/mol. The average Bonchev–Trinajstić information content (AvgIpc) is 2.73. The molecule has 2 aliphatic heterocycles. The van der Waals surface area contributed by atoms with Crippen LogP contribution in [0.1, 0.15) is 53.4 Å². The van der Waals surface area contributed by atoms with Crippen LogP contribution < -0.4 is 0 Å². The summed E-state index contributed by atoms with van der Waals surface area (Å²) < 4.78 is 5.68. The molecule has 0 spiro atoms. The van der Waals surface area contributed by atoms with Crippen LogP contribution in [0.25, 0.3) is 0 Å². The number of hydrogen-bond donors (Lipinski definition) is 0. The number of likely N-dealkylation sites (N-methyl/N-ethyl adjacent to an activating group) is 1. The smallest absolute Gasteiger partial charge is 0.323 e. The molecule has 2 aliphatic rings. The summed E-state index contributed by atoms with van der Waals surface area (Å²) in [5.74, 6) is -0.0518. The van der Waals surface area contributed by atoms with Gasteiger partial charge in [0.25, 0.3) is 0 Å². The highest BCUT2D eigenvalue weighted by Gasteiger charge is 2.33. The maximum Gasteiger partial charge on any atom is 0.323 e. The van der Waals surface area contributed by atoms with E-state index in [2.05, 4.69) is 28.7 Å². The summed E-state index contributed by atoms with van der Waals surface area (Å²) in [5.41, 5.74) is -0.410. The molecule has 0 aromatic heterocycles. The summed E-state index contributed by atoms with van der Waals surface area (Å²) in [4.78, 5) is 20.1. The van der Waals surface area contributed by atoms with Crippen LogP contribution in [0.2, 0.25) is 0 Å². The molecule has 0 saturated carbocycles. The molecule has 0 unspecified atom stereocenters. The predicted molar refractivity (Wildman–Crippen MR) is 98.2 cm³/mol. The van der Waals surface area contributed by atoms with Crippen LogP contribution in [0.4, 0.5) is 0 Å². The number of likely N-dealkylation sites (tertiary alicyclic amines) is 1. The van der Waals surface area contributed by atoms with Crippen LogP contribution in [-0.2, 0) is 9.53 Å². The first-order valence-corrected chi connectivity index (χ1v) is 9.69. The second kappa shape index (κ2) is 8.63. The van der Waals surface area contributed by atoms with Crippen LogP contribution >= 0.6 is 0 Å². The van der Waals surface area contributed by atoms with Crippen molar-refractivity contribution in [3.63, 3.8) is 0 Å². The Morgan fingerprint density at radius 1 is 1.12 bits per heavy atom. The van der Waals surface area contributed by atoms with E-state index in [9.17, 15) is 4.79 Å². The topological polar surface area (TPSA) is 36.0 Å². The van der Waals surface area contributed by atoms with Crippen molar-refractivity contribution in [1.82, 2.24) is 14.7 Å². The number of rotatable bonds is 4. The predicted octanol–water partition coefficient (Wildman–Crippen LogP) is 2.21. The molecule has 5 nitrogen and oxygen atoms in total. The minimum absolute atomic E-state index is 0.0518. The Morgan fingerprint density at radius 3 is 2.38 bits per heavy atom. The molecule has 140 valence electrons. The third-order valence-corrected chi connectivity index (χ3v) is 5.24. The van der Waals surface area contributed by atoms with E-state index < -0.39 is 5.60 Å². The van der Waals surface area contributed by atoms with E-state index in [4.69, 9.17) is 4.74 Å². The number of piperazine rings is 1. The van der Waals surface area contributed by atoms with E-state index in [1.165, 1.54) is 19.3 Å². The van der Waals surface area contributed by atoms with Crippen LogP contribution in [0, 0.1) is 0 Å². The third kappa shape index (κ3) is 5.71. The van der Waals surface area contributed by atoms with Gasteiger partial charge in [-0.3, -0.25) is 14.6 Å². The lowest BCUT2D eigenvalue weighted by Crippen LogP contribution is -2.54. The molecule has 2 fully saturated rings. The van der Waals surface area contributed by atoms with Crippen molar-refractivity contribution < 1.29 is 9.53 Å². The van der Waals surface area contributed by atoms with Gasteiger partial charge in [0.1, 0.15) is 11.6 Å². The van der Waals surface area contributed by atoms with E-state index in [1.807, 2.05) is 20.8 Å². The molecular formula is C19H37N3O2. The number of nitrogens with zero attached hydrogens (tertiary/aromatic N) is 3. The number of carbonyl (C=O) groups is 1. The number of esters is 1. The minimum atomic E-state index is -0.410. The Hall–Kier alpha value is -0.650. The Labute approximate surface area is 148 Å². The van der Waals surface area contributed by atoms with Gasteiger partial charge in [0.2, 0.25) is 0 Å². The van der Waals surface area contributed by atoms with Crippen molar-refractivity contribution >= 4 is 5.97 Å². The molecule has 2 atom stereocenters. The summed E-state index contributed by atoms with van der Waals surface area (Å²) in [6.07, 6.45) is 4.52. The first-order valence-electron chi connectivity index (χ1n) is 9.69. The number of carbonyl (C=O) groups excluding carboxylic acids is 1. The Kier molecular flexibility index (Phi) is 7.08. The third-order valence-electron chi connectivity index (χ3n) is 5.24. The number of hydrogen-bond acceptors (Lipinski definition) is 5. The van der Waals surface area contributed by atoms with Gasteiger partial charge in [-0.25, -0.2) is 0 Å². The molecule has 2 saturated heterocycles. The van der Waals surface area contributed by atoms with Gasteiger partial charge >= 0.3 is 5.97 Å². The molecule has 0 aromatic rings. The molecule has 0 N–H and O–H groups in total. The molecule has 0 aromatic carbocycles. The molecule has 0 aliphatic carbocycles. The van der Waals surface area contributed by atoms with E-state index in [1.54, 1.807) is 0 Å². The summed E-state index contributed by atoms with van der Waals surface area (Å²) >= 11 is 0. The molecule has 5 heteroatoms. The molecule has 2 rings (SSSR count). The molecule has 24 heavy (non-hydrogen) atoms. The van der Waals surface area contributed by atoms with Crippen LogP contribution in [0.5, 0.6) is 0 Å². The second-order valence-electron chi connectivity index (χ2n) is 8.44. The van der Waals surface area contributed by atoms with Crippen molar-refractivity contribution in [2.24, 2.45) is 0 Å². The number of ether oxygens (including phenoxy) is 1. The Bertz CT molecular complexity index is 400. The first-order chi connectivity index (χ1) is 11.3. The molecule has 0 radical (unpaired) electrons. The van der Waals surface area contributed by atoms with E-state index in [0.717, 1.165) is 45.7 Å². The lowest BCUT2D eigenvalue weighted by molar-refractivity contribution is -0.161. The Balaban J connectivity index is 2.00. The van der Waals surface area contributed by atoms with Crippen LogP contribution in [-0.4, -0.2) is 84.7 Å². The molecule has 0 bridgehead atoms. The van der Waals surface area contributed by atoms with E-state index in [-0.39, 0.29) is 12.0 Å². The fraction of sp³-hybridized carbons (Fsp3) is 0.947. The van der Waals surface area contributed by atoms with Gasteiger partial charge < -0.3 is 9.64 Å². The lowest BCUT2D eigenvalue weighted by Gasteiger charge is -2.40. The maximum atomic E-state index is 12.6. The van der Waals surface area contributed by atoms with Crippen molar-refractivity contribution in [3.05, 3.63) is 0 Å². The zero-order valence-corrected chi connectivity index (χ0v) is 16.4. The van der Waals surface area contributed by atoms with Crippen molar-refractivity contribution in [3.8, 4) is 0 Å².